The van der Waals surface area contributed by atoms with Crippen LogP contribution in [-0.2, 0) is 4.79 Å². The first-order valence-electron chi connectivity index (χ1n) is 4.61. The summed E-state index contributed by atoms with van der Waals surface area (Å²) < 4.78 is 4.27. The Morgan fingerprint density at radius 3 is 2.75 bits per heavy atom. The van der Waals surface area contributed by atoms with Crippen LogP contribution in [0.5, 0.6) is 0 Å². The molecular formula is C8H12N4O4. The second kappa shape index (κ2) is 5.10. The SMILES string of the molecule is CC(CCC(=O)O)NC(=O)c1nonc1N. The molecule has 88 valence electrons. The predicted octanol–water partition coefficient (Wildman–Crippen LogP) is -0.365. The van der Waals surface area contributed by atoms with Crippen LogP contribution in [0.4, 0.5) is 5.82 Å². The van der Waals surface area contributed by atoms with E-state index in [9.17, 15) is 9.59 Å². The maximum absolute atomic E-state index is 11.5. The molecule has 16 heavy (non-hydrogen) atoms. The standard InChI is InChI=1S/C8H12N4O4/c1-4(2-3-5(13)14)10-8(15)6-7(9)12-16-11-6/h4H,2-3H2,1H3,(H2,9,12)(H,10,15)(H,13,14). The van der Waals surface area contributed by atoms with Crippen LogP contribution in [-0.4, -0.2) is 33.3 Å². The molecule has 8 heteroatoms. The van der Waals surface area contributed by atoms with E-state index in [4.69, 9.17) is 10.8 Å². The van der Waals surface area contributed by atoms with Crippen molar-refractivity contribution in [2.75, 3.05) is 5.73 Å². The van der Waals surface area contributed by atoms with Crippen molar-refractivity contribution in [3.05, 3.63) is 5.69 Å². The molecule has 1 aromatic heterocycles. The van der Waals surface area contributed by atoms with Crippen LogP contribution in [0.3, 0.4) is 0 Å². The first-order chi connectivity index (χ1) is 7.50. The van der Waals surface area contributed by atoms with Gasteiger partial charge in [-0.25, -0.2) is 4.63 Å². The number of carboxylic acids is 1. The van der Waals surface area contributed by atoms with Crippen LogP contribution < -0.4 is 11.1 Å². The lowest BCUT2D eigenvalue weighted by Gasteiger charge is -2.10. The van der Waals surface area contributed by atoms with E-state index < -0.39 is 11.9 Å². The Labute approximate surface area is 90.8 Å². The highest BCUT2D eigenvalue weighted by atomic mass is 16.6. The summed E-state index contributed by atoms with van der Waals surface area (Å²) in [6, 6.07) is -0.292. The van der Waals surface area contributed by atoms with Crippen LogP contribution in [0.1, 0.15) is 30.3 Å². The van der Waals surface area contributed by atoms with Crippen LogP contribution >= 0.6 is 0 Å². The van der Waals surface area contributed by atoms with Crippen molar-refractivity contribution >= 4 is 17.7 Å². The number of carbonyl (C=O) groups is 2. The fraction of sp³-hybridized carbons (Fsp3) is 0.500. The van der Waals surface area contributed by atoms with Crippen molar-refractivity contribution in [1.82, 2.24) is 15.6 Å². The highest BCUT2D eigenvalue weighted by Gasteiger charge is 2.17. The Morgan fingerprint density at radius 1 is 1.56 bits per heavy atom. The molecule has 0 aliphatic carbocycles. The van der Waals surface area contributed by atoms with Gasteiger partial charge in [0.1, 0.15) is 0 Å². The number of nitrogens with zero attached hydrogens (tertiary/aromatic N) is 2. The largest absolute Gasteiger partial charge is 0.481 e. The maximum atomic E-state index is 11.5. The van der Waals surface area contributed by atoms with Crippen molar-refractivity contribution in [3.63, 3.8) is 0 Å². The lowest BCUT2D eigenvalue weighted by molar-refractivity contribution is -0.137. The summed E-state index contributed by atoms with van der Waals surface area (Å²) in [7, 11) is 0. The van der Waals surface area contributed by atoms with E-state index in [1.807, 2.05) is 0 Å². The smallest absolute Gasteiger partial charge is 0.303 e. The van der Waals surface area contributed by atoms with Gasteiger partial charge in [0.25, 0.3) is 5.91 Å². The number of nitrogens with one attached hydrogen (secondary N) is 1. The van der Waals surface area contributed by atoms with Crippen LogP contribution in [0, 0.1) is 0 Å². The van der Waals surface area contributed by atoms with Gasteiger partial charge in [0, 0.05) is 12.5 Å². The molecule has 0 aliphatic heterocycles. The number of rotatable bonds is 5. The molecule has 0 fully saturated rings. The van der Waals surface area contributed by atoms with Gasteiger partial charge in [-0.15, -0.1) is 0 Å². The Hall–Kier alpha value is -2.12. The zero-order chi connectivity index (χ0) is 12.1. The van der Waals surface area contributed by atoms with Crippen LogP contribution in [0.2, 0.25) is 0 Å². The molecule has 0 saturated heterocycles. The second-order valence-electron chi connectivity index (χ2n) is 3.30. The number of nitrogens with two attached hydrogens (primary N) is 1. The molecule has 0 saturated carbocycles. The summed E-state index contributed by atoms with van der Waals surface area (Å²) in [5.41, 5.74) is 5.22. The maximum Gasteiger partial charge on any atom is 0.303 e. The minimum absolute atomic E-state index is 0.0198. The minimum atomic E-state index is -0.913. The highest BCUT2D eigenvalue weighted by molar-refractivity contribution is 5.96. The molecule has 0 bridgehead atoms. The Bertz CT molecular complexity index is 389. The lowest BCUT2D eigenvalue weighted by Crippen LogP contribution is -2.33. The lowest BCUT2D eigenvalue weighted by atomic mass is 10.2. The summed E-state index contributed by atoms with van der Waals surface area (Å²) in [5.74, 6) is -1.54. The average molecular weight is 228 g/mol. The van der Waals surface area contributed by atoms with Gasteiger partial charge < -0.3 is 16.2 Å². The molecule has 1 unspecified atom stereocenters. The molecule has 0 radical (unpaired) electrons. The van der Waals surface area contributed by atoms with E-state index >= 15 is 0 Å². The van der Waals surface area contributed by atoms with E-state index in [1.165, 1.54) is 0 Å². The van der Waals surface area contributed by atoms with Gasteiger partial charge in [-0.1, -0.05) is 0 Å². The first kappa shape index (κ1) is 12.0. The van der Waals surface area contributed by atoms with Crippen molar-refractivity contribution in [2.45, 2.75) is 25.8 Å². The van der Waals surface area contributed by atoms with Gasteiger partial charge in [0.15, 0.2) is 0 Å². The number of amides is 1. The number of nitrogen functional groups attached to an aromatic ring is 1. The number of carboxylic acid groups (broad SMARTS) is 1. The van der Waals surface area contributed by atoms with Crippen LogP contribution in [0.15, 0.2) is 4.63 Å². The third kappa shape index (κ3) is 3.23. The third-order valence-corrected chi connectivity index (χ3v) is 1.90. The van der Waals surface area contributed by atoms with E-state index in [2.05, 4.69) is 20.3 Å². The molecule has 0 aliphatic rings. The summed E-state index contributed by atoms with van der Waals surface area (Å²) in [5, 5.41) is 17.6. The molecule has 1 heterocycles. The van der Waals surface area contributed by atoms with Gasteiger partial charge >= 0.3 is 5.97 Å². The first-order valence-corrected chi connectivity index (χ1v) is 4.61. The molecule has 4 N–H and O–H groups in total. The van der Waals surface area contributed by atoms with Gasteiger partial charge in [-0.3, -0.25) is 9.59 Å². The summed E-state index contributed by atoms with van der Waals surface area (Å²) >= 11 is 0. The van der Waals surface area contributed by atoms with Gasteiger partial charge in [0.05, 0.1) is 0 Å². The Kier molecular flexibility index (Phi) is 3.81. The number of hydrogen-bond acceptors (Lipinski definition) is 6. The molecule has 1 atom stereocenters. The van der Waals surface area contributed by atoms with Crippen molar-refractivity contribution in [2.24, 2.45) is 0 Å². The molecule has 1 amide bonds. The van der Waals surface area contributed by atoms with E-state index in [0.29, 0.717) is 6.42 Å². The normalized spacial score (nSPS) is 12.1. The topological polar surface area (TPSA) is 131 Å². The molecule has 1 rings (SSSR count). The van der Waals surface area contributed by atoms with Crippen LogP contribution in [0.25, 0.3) is 0 Å². The quantitative estimate of drug-likeness (QED) is 0.626. The second-order valence-corrected chi connectivity index (χ2v) is 3.30. The fourth-order valence-corrected chi connectivity index (χ4v) is 1.06. The van der Waals surface area contributed by atoms with Crippen molar-refractivity contribution in [3.8, 4) is 0 Å². The molecule has 8 nitrogen and oxygen atoms in total. The average Bonchev–Trinajstić information content (AvgIpc) is 2.61. The van der Waals surface area contributed by atoms with Gasteiger partial charge in [-0.2, -0.15) is 0 Å². The number of anilines is 1. The summed E-state index contributed by atoms with van der Waals surface area (Å²) in [6.07, 6.45) is 0.306. The van der Waals surface area contributed by atoms with Gasteiger partial charge in [0.2, 0.25) is 11.5 Å². The predicted molar refractivity (Wildman–Crippen MR) is 52.5 cm³/mol. The zero-order valence-electron chi connectivity index (χ0n) is 8.64. The summed E-state index contributed by atoms with van der Waals surface area (Å²) in [6.45, 7) is 1.69. The molecule has 0 spiro atoms. The van der Waals surface area contributed by atoms with E-state index in [-0.39, 0.29) is 24.0 Å². The van der Waals surface area contributed by atoms with Gasteiger partial charge in [-0.05, 0) is 23.7 Å². The fourth-order valence-electron chi connectivity index (χ4n) is 1.06. The molecule has 1 aromatic rings. The number of aromatic nitrogens is 2. The Morgan fingerprint density at radius 2 is 2.25 bits per heavy atom. The molecular weight excluding hydrogens is 216 g/mol. The van der Waals surface area contributed by atoms with E-state index in [0.717, 1.165) is 0 Å². The van der Waals surface area contributed by atoms with Crippen molar-refractivity contribution in [1.29, 1.82) is 0 Å². The monoisotopic (exact) mass is 228 g/mol. The zero-order valence-corrected chi connectivity index (χ0v) is 8.64. The number of hydrogen-bond donors (Lipinski definition) is 3. The molecule has 0 aromatic carbocycles. The number of aliphatic carboxylic acids is 1. The minimum Gasteiger partial charge on any atom is -0.481 e. The Balaban J connectivity index is 2.46. The highest BCUT2D eigenvalue weighted by Crippen LogP contribution is 2.05. The van der Waals surface area contributed by atoms with Crippen molar-refractivity contribution < 1.29 is 19.3 Å². The number of carbonyl (C=O) groups excluding carboxylic acids is 1. The third-order valence-electron chi connectivity index (χ3n) is 1.90. The van der Waals surface area contributed by atoms with E-state index in [1.54, 1.807) is 6.92 Å². The summed E-state index contributed by atoms with van der Waals surface area (Å²) in [4.78, 5) is 21.8.